The Morgan fingerprint density at radius 2 is 1.87 bits per heavy atom. The third-order valence-electron chi connectivity index (χ3n) is 2.93. The molecular formula is C14H20O. The van der Waals surface area contributed by atoms with Crippen molar-refractivity contribution in [1.82, 2.24) is 0 Å². The van der Waals surface area contributed by atoms with Crippen molar-refractivity contribution >= 4 is 0 Å². The summed E-state index contributed by atoms with van der Waals surface area (Å²) in [5.41, 5.74) is 0.997. The van der Waals surface area contributed by atoms with Gasteiger partial charge in [0.1, 0.15) is 0 Å². The number of benzene rings is 1. The summed E-state index contributed by atoms with van der Waals surface area (Å²) in [6.07, 6.45) is 6.20. The molecule has 1 N–H and O–H groups in total. The van der Waals surface area contributed by atoms with Crippen LogP contribution in [0.15, 0.2) is 42.5 Å². The Morgan fingerprint density at radius 3 is 2.33 bits per heavy atom. The SMILES string of the molecule is CC/C=C/C(CC)(CO)c1ccccc1. The van der Waals surface area contributed by atoms with Crippen LogP contribution in [-0.4, -0.2) is 11.7 Å². The van der Waals surface area contributed by atoms with Gasteiger partial charge in [0.2, 0.25) is 0 Å². The molecule has 0 aromatic heterocycles. The molecule has 1 heteroatoms. The van der Waals surface area contributed by atoms with E-state index in [4.69, 9.17) is 0 Å². The predicted molar refractivity (Wildman–Crippen MR) is 64.9 cm³/mol. The third-order valence-corrected chi connectivity index (χ3v) is 2.93. The van der Waals surface area contributed by atoms with Crippen LogP contribution >= 0.6 is 0 Å². The molecule has 0 amide bonds. The van der Waals surface area contributed by atoms with Gasteiger partial charge in [-0.1, -0.05) is 56.3 Å². The van der Waals surface area contributed by atoms with E-state index in [0.717, 1.165) is 12.8 Å². The Hall–Kier alpha value is -1.08. The minimum Gasteiger partial charge on any atom is -0.395 e. The van der Waals surface area contributed by atoms with E-state index >= 15 is 0 Å². The zero-order chi connectivity index (χ0) is 11.1. The van der Waals surface area contributed by atoms with E-state index in [2.05, 4.69) is 38.1 Å². The quantitative estimate of drug-likeness (QED) is 0.730. The molecule has 1 aromatic rings. The molecule has 0 spiro atoms. The van der Waals surface area contributed by atoms with E-state index in [0.29, 0.717) is 0 Å². The van der Waals surface area contributed by atoms with Gasteiger partial charge in [0.15, 0.2) is 0 Å². The van der Waals surface area contributed by atoms with Gasteiger partial charge in [-0.05, 0) is 18.4 Å². The highest BCUT2D eigenvalue weighted by Gasteiger charge is 2.25. The monoisotopic (exact) mass is 204 g/mol. The first-order chi connectivity index (χ1) is 7.29. The summed E-state index contributed by atoms with van der Waals surface area (Å²) in [7, 11) is 0. The number of hydrogen-bond donors (Lipinski definition) is 1. The van der Waals surface area contributed by atoms with Gasteiger partial charge < -0.3 is 5.11 Å². The zero-order valence-electron chi connectivity index (χ0n) is 9.61. The molecule has 1 rings (SSSR count). The second-order valence-electron chi connectivity index (χ2n) is 3.84. The maximum Gasteiger partial charge on any atom is 0.0562 e. The van der Waals surface area contributed by atoms with E-state index in [1.165, 1.54) is 5.56 Å². The van der Waals surface area contributed by atoms with Crippen molar-refractivity contribution in [2.45, 2.75) is 32.1 Å². The molecule has 15 heavy (non-hydrogen) atoms. The highest BCUT2D eigenvalue weighted by atomic mass is 16.3. The Bertz CT molecular complexity index is 296. The van der Waals surface area contributed by atoms with Crippen LogP contribution in [0.1, 0.15) is 32.3 Å². The normalized spacial score (nSPS) is 15.4. The Kier molecular flexibility index (Phi) is 4.57. The molecule has 0 heterocycles. The molecule has 1 unspecified atom stereocenters. The van der Waals surface area contributed by atoms with Crippen molar-refractivity contribution in [2.24, 2.45) is 0 Å². The van der Waals surface area contributed by atoms with Crippen molar-refractivity contribution in [3.63, 3.8) is 0 Å². The van der Waals surface area contributed by atoms with Crippen LogP contribution in [0.25, 0.3) is 0 Å². The third kappa shape index (κ3) is 2.69. The molecule has 0 aliphatic heterocycles. The van der Waals surface area contributed by atoms with Crippen LogP contribution in [0.2, 0.25) is 0 Å². The summed E-state index contributed by atoms with van der Waals surface area (Å²) < 4.78 is 0. The lowest BCUT2D eigenvalue weighted by Gasteiger charge is -2.27. The fourth-order valence-corrected chi connectivity index (χ4v) is 1.79. The van der Waals surface area contributed by atoms with Gasteiger partial charge in [-0.15, -0.1) is 0 Å². The van der Waals surface area contributed by atoms with Crippen LogP contribution in [0.3, 0.4) is 0 Å². The molecule has 0 saturated carbocycles. The van der Waals surface area contributed by atoms with E-state index < -0.39 is 0 Å². The minimum absolute atomic E-state index is 0.171. The Balaban J connectivity index is 3.05. The average Bonchev–Trinajstić information content (AvgIpc) is 2.33. The van der Waals surface area contributed by atoms with Gasteiger partial charge >= 0.3 is 0 Å². The maximum absolute atomic E-state index is 9.61. The van der Waals surface area contributed by atoms with Crippen molar-refractivity contribution in [3.05, 3.63) is 48.0 Å². The standard InChI is InChI=1S/C14H20O/c1-3-5-11-14(4-2,12-15)13-9-7-6-8-10-13/h5-11,15H,3-4,12H2,1-2H3/b11-5+. The van der Waals surface area contributed by atoms with Crippen LogP contribution in [0, 0.1) is 0 Å². The number of hydrogen-bond acceptors (Lipinski definition) is 1. The molecule has 0 bridgehead atoms. The topological polar surface area (TPSA) is 20.2 Å². The lowest BCUT2D eigenvalue weighted by molar-refractivity contribution is 0.220. The highest BCUT2D eigenvalue weighted by Crippen LogP contribution is 2.29. The van der Waals surface area contributed by atoms with Gasteiger partial charge in [0.25, 0.3) is 0 Å². The first-order valence-electron chi connectivity index (χ1n) is 5.63. The largest absolute Gasteiger partial charge is 0.395 e. The fraction of sp³-hybridized carbons (Fsp3) is 0.429. The fourth-order valence-electron chi connectivity index (χ4n) is 1.79. The number of rotatable bonds is 5. The second-order valence-corrected chi connectivity index (χ2v) is 3.84. The highest BCUT2D eigenvalue weighted by molar-refractivity contribution is 5.30. The first kappa shape index (κ1) is 12.0. The first-order valence-corrected chi connectivity index (χ1v) is 5.63. The van der Waals surface area contributed by atoms with E-state index in [9.17, 15) is 5.11 Å². The second kappa shape index (κ2) is 5.72. The number of aliphatic hydroxyl groups excluding tert-OH is 1. The van der Waals surface area contributed by atoms with Crippen molar-refractivity contribution in [3.8, 4) is 0 Å². The summed E-state index contributed by atoms with van der Waals surface area (Å²) in [4.78, 5) is 0. The molecule has 0 radical (unpaired) electrons. The summed E-state index contributed by atoms with van der Waals surface area (Å²) in [6, 6.07) is 10.2. The molecule has 0 fully saturated rings. The van der Waals surface area contributed by atoms with Crippen LogP contribution in [0.5, 0.6) is 0 Å². The minimum atomic E-state index is -0.197. The molecule has 1 nitrogen and oxygen atoms in total. The van der Waals surface area contributed by atoms with Gasteiger partial charge in [-0.2, -0.15) is 0 Å². The van der Waals surface area contributed by atoms with Gasteiger partial charge in [-0.3, -0.25) is 0 Å². The Labute approximate surface area is 92.5 Å². The zero-order valence-corrected chi connectivity index (χ0v) is 9.61. The maximum atomic E-state index is 9.61. The summed E-state index contributed by atoms with van der Waals surface area (Å²) in [6.45, 7) is 4.40. The summed E-state index contributed by atoms with van der Waals surface area (Å²) >= 11 is 0. The van der Waals surface area contributed by atoms with Crippen LogP contribution in [0.4, 0.5) is 0 Å². The molecule has 0 saturated heterocycles. The lowest BCUT2D eigenvalue weighted by Crippen LogP contribution is -2.27. The molecule has 1 aromatic carbocycles. The molecule has 82 valence electrons. The lowest BCUT2D eigenvalue weighted by atomic mass is 9.78. The molecule has 0 aliphatic rings. The van der Waals surface area contributed by atoms with Crippen LogP contribution < -0.4 is 0 Å². The molecule has 0 aliphatic carbocycles. The van der Waals surface area contributed by atoms with E-state index in [1.807, 2.05) is 18.2 Å². The van der Waals surface area contributed by atoms with E-state index in [1.54, 1.807) is 0 Å². The molecular weight excluding hydrogens is 184 g/mol. The number of allylic oxidation sites excluding steroid dienone is 1. The smallest absolute Gasteiger partial charge is 0.0562 e. The average molecular weight is 204 g/mol. The van der Waals surface area contributed by atoms with Crippen molar-refractivity contribution in [2.75, 3.05) is 6.61 Å². The van der Waals surface area contributed by atoms with Gasteiger partial charge in [-0.25, -0.2) is 0 Å². The summed E-state index contributed by atoms with van der Waals surface area (Å²) in [5, 5.41) is 9.61. The number of aliphatic hydroxyl groups is 1. The molecule has 1 atom stereocenters. The van der Waals surface area contributed by atoms with Crippen molar-refractivity contribution in [1.29, 1.82) is 0 Å². The van der Waals surface area contributed by atoms with E-state index in [-0.39, 0.29) is 12.0 Å². The predicted octanol–water partition coefficient (Wildman–Crippen LogP) is 3.29. The Morgan fingerprint density at radius 1 is 1.20 bits per heavy atom. The van der Waals surface area contributed by atoms with Crippen molar-refractivity contribution < 1.29 is 5.11 Å². The van der Waals surface area contributed by atoms with Gasteiger partial charge in [0.05, 0.1) is 6.61 Å². The van der Waals surface area contributed by atoms with Crippen LogP contribution in [-0.2, 0) is 5.41 Å². The summed E-state index contributed by atoms with van der Waals surface area (Å²) in [5.74, 6) is 0. The van der Waals surface area contributed by atoms with Gasteiger partial charge in [0, 0.05) is 5.41 Å².